The first-order chi connectivity index (χ1) is 9.86. The first-order valence-corrected chi connectivity index (χ1v) is 9.10. The molecule has 116 valence electrons. The van der Waals surface area contributed by atoms with E-state index >= 15 is 0 Å². The predicted octanol–water partition coefficient (Wildman–Crippen LogP) is 5.06. The van der Waals surface area contributed by atoms with Gasteiger partial charge in [-0.3, -0.25) is 0 Å². The minimum Gasteiger partial charge on any atom is -0.353 e. The highest BCUT2D eigenvalue weighted by atomic mass is 16.7. The maximum Gasteiger partial charge on any atom is 0.157 e. The molecule has 0 aromatic carbocycles. The van der Waals surface area contributed by atoms with E-state index in [0.717, 1.165) is 31.0 Å². The molecular weight excluding hydrogens is 248 g/mol. The summed E-state index contributed by atoms with van der Waals surface area (Å²) in [7, 11) is 0. The van der Waals surface area contributed by atoms with Crippen molar-refractivity contribution >= 4 is 0 Å². The molecule has 0 N–H and O–H groups in total. The average molecular weight is 280 g/mol. The van der Waals surface area contributed by atoms with Gasteiger partial charge >= 0.3 is 0 Å². The molecule has 1 atom stereocenters. The Hall–Kier alpha value is -0.0800. The highest BCUT2D eigenvalue weighted by Gasteiger charge is 2.55. The normalized spacial score (nSPS) is 35.4. The van der Waals surface area contributed by atoms with E-state index in [9.17, 15) is 0 Å². The van der Waals surface area contributed by atoms with E-state index in [4.69, 9.17) is 9.47 Å². The highest BCUT2D eigenvalue weighted by molar-refractivity contribution is 5.06. The van der Waals surface area contributed by atoms with Crippen molar-refractivity contribution in [3.05, 3.63) is 0 Å². The van der Waals surface area contributed by atoms with E-state index < -0.39 is 0 Å². The number of unbranched alkanes of at least 4 members (excludes halogenated alkanes) is 5. The highest BCUT2D eigenvalue weighted by Crippen LogP contribution is 2.66. The summed E-state index contributed by atoms with van der Waals surface area (Å²) in [6, 6.07) is 0. The van der Waals surface area contributed by atoms with Gasteiger partial charge in [-0.1, -0.05) is 32.1 Å². The molecule has 0 aromatic heterocycles. The molecule has 3 aliphatic carbocycles. The molecule has 3 saturated carbocycles. The molecule has 0 radical (unpaired) electrons. The molecule has 4 fully saturated rings. The zero-order chi connectivity index (χ0) is 13.7. The lowest BCUT2D eigenvalue weighted by Crippen LogP contribution is -2.51. The lowest BCUT2D eigenvalue weighted by atomic mass is 9.43. The summed E-state index contributed by atoms with van der Waals surface area (Å²) < 4.78 is 11.3. The molecule has 1 saturated heterocycles. The number of hydrogen-bond acceptors (Lipinski definition) is 2. The van der Waals surface area contributed by atoms with Gasteiger partial charge in [0.1, 0.15) is 0 Å². The van der Waals surface area contributed by atoms with Crippen molar-refractivity contribution in [3.8, 4) is 0 Å². The minimum atomic E-state index is 0.108. The summed E-state index contributed by atoms with van der Waals surface area (Å²) in [5, 5.41) is 0. The first kappa shape index (κ1) is 14.8. The Morgan fingerprint density at radius 2 is 1.65 bits per heavy atom. The van der Waals surface area contributed by atoms with Crippen LogP contribution in [0.5, 0.6) is 0 Å². The van der Waals surface area contributed by atoms with Crippen molar-refractivity contribution in [2.75, 3.05) is 13.2 Å². The van der Waals surface area contributed by atoms with Gasteiger partial charge in [0.2, 0.25) is 0 Å². The maximum absolute atomic E-state index is 5.76. The van der Waals surface area contributed by atoms with Gasteiger partial charge in [0.05, 0.1) is 0 Å². The van der Waals surface area contributed by atoms with Crippen LogP contribution in [0.25, 0.3) is 0 Å². The molecule has 0 amide bonds. The summed E-state index contributed by atoms with van der Waals surface area (Å²) in [6.45, 7) is 1.79. The fraction of sp³-hybridized carbons (Fsp3) is 1.00. The Kier molecular flexibility index (Phi) is 5.39. The third-order valence-electron chi connectivity index (χ3n) is 5.71. The summed E-state index contributed by atoms with van der Waals surface area (Å²) in [5.41, 5.74) is 0.874. The second-order valence-corrected chi connectivity index (χ2v) is 7.52. The molecule has 0 spiro atoms. The van der Waals surface area contributed by atoms with E-state index in [1.165, 1.54) is 57.8 Å². The molecule has 2 bridgehead atoms. The zero-order valence-corrected chi connectivity index (χ0v) is 13.1. The van der Waals surface area contributed by atoms with Gasteiger partial charge in [0.15, 0.2) is 6.29 Å². The predicted molar refractivity (Wildman–Crippen MR) is 81.6 cm³/mol. The number of hydrogen-bond donors (Lipinski definition) is 0. The fourth-order valence-electron chi connectivity index (χ4n) is 4.33. The van der Waals surface area contributed by atoms with Gasteiger partial charge in [-0.2, -0.15) is 0 Å². The molecule has 2 nitrogen and oxygen atoms in total. The van der Waals surface area contributed by atoms with Crippen LogP contribution in [0.3, 0.4) is 0 Å². The van der Waals surface area contributed by atoms with Crippen LogP contribution >= 0.6 is 0 Å². The van der Waals surface area contributed by atoms with E-state index in [0.29, 0.717) is 0 Å². The summed E-state index contributed by atoms with van der Waals surface area (Å²) in [4.78, 5) is 0. The Morgan fingerprint density at radius 1 is 0.900 bits per heavy atom. The van der Waals surface area contributed by atoms with E-state index in [2.05, 4.69) is 0 Å². The Morgan fingerprint density at radius 3 is 2.30 bits per heavy atom. The largest absolute Gasteiger partial charge is 0.353 e. The van der Waals surface area contributed by atoms with Crippen molar-refractivity contribution in [1.29, 1.82) is 0 Å². The number of ether oxygens (including phenoxy) is 2. The molecule has 2 heteroatoms. The quantitative estimate of drug-likeness (QED) is 0.521. The second-order valence-electron chi connectivity index (χ2n) is 7.52. The van der Waals surface area contributed by atoms with Crippen molar-refractivity contribution in [2.45, 2.75) is 89.8 Å². The van der Waals surface area contributed by atoms with Crippen molar-refractivity contribution in [2.24, 2.45) is 11.3 Å². The summed E-state index contributed by atoms with van der Waals surface area (Å²) >= 11 is 0. The van der Waals surface area contributed by atoms with Crippen molar-refractivity contribution in [1.82, 2.24) is 0 Å². The van der Waals surface area contributed by atoms with Crippen molar-refractivity contribution in [3.63, 3.8) is 0 Å². The molecule has 4 aliphatic rings. The van der Waals surface area contributed by atoms with E-state index in [1.807, 2.05) is 0 Å². The van der Waals surface area contributed by atoms with Crippen LogP contribution in [0.2, 0.25) is 0 Å². The smallest absolute Gasteiger partial charge is 0.157 e. The van der Waals surface area contributed by atoms with Crippen LogP contribution in [0, 0.1) is 11.3 Å². The van der Waals surface area contributed by atoms with Gasteiger partial charge < -0.3 is 9.47 Å². The molecular formula is C18H32O2. The van der Waals surface area contributed by atoms with Gasteiger partial charge in [0, 0.05) is 13.2 Å². The standard InChI is InChI=1S/C18H32O2/c1(3-6-10-18-13-16(14-18)15-18)2-4-7-11-19-17-9-5-8-12-20-17/h16-17H,1-15H2. The van der Waals surface area contributed by atoms with Gasteiger partial charge in [0.25, 0.3) is 0 Å². The third kappa shape index (κ3) is 3.98. The summed E-state index contributed by atoms with van der Waals surface area (Å²) in [5.74, 6) is 1.16. The lowest BCUT2D eigenvalue weighted by molar-refractivity contribution is -0.162. The third-order valence-corrected chi connectivity index (χ3v) is 5.71. The molecule has 20 heavy (non-hydrogen) atoms. The second kappa shape index (κ2) is 7.26. The Bertz CT molecular complexity index is 266. The maximum atomic E-state index is 5.76. The topological polar surface area (TPSA) is 18.5 Å². The van der Waals surface area contributed by atoms with E-state index in [1.54, 1.807) is 19.3 Å². The van der Waals surface area contributed by atoms with Gasteiger partial charge in [-0.15, -0.1) is 0 Å². The zero-order valence-electron chi connectivity index (χ0n) is 13.1. The molecule has 4 rings (SSSR count). The van der Waals surface area contributed by atoms with Gasteiger partial charge in [-0.05, 0) is 62.7 Å². The van der Waals surface area contributed by atoms with E-state index in [-0.39, 0.29) is 6.29 Å². The molecule has 1 unspecified atom stereocenters. The SMILES string of the molecule is C(CCCCC12CC(C1)C2)CCCOC1CCCCO1. The van der Waals surface area contributed by atoms with Crippen molar-refractivity contribution < 1.29 is 9.47 Å². The van der Waals surface area contributed by atoms with Crippen LogP contribution in [0.15, 0.2) is 0 Å². The molecule has 1 aliphatic heterocycles. The Labute approximate surface area is 124 Å². The van der Waals surface area contributed by atoms with Crippen LogP contribution in [-0.2, 0) is 9.47 Å². The lowest BCUT2D eigenvalue weighted by Gasteiger charge is -2.62. The minimum absolute atomic E-state index is 0.108. The fourth-order valence-corrected chi connectivity index (χ4v) is 4.33. The number of rotatable bonds is 10. The van der Waals surface area contributed by atoms with Crippen LogP contribution in [-0.4, -0.2) is 19.5 Å². The van der Waals surface area contributed by atoms with Gasteiger partial charge in [-0.25, -0.2) is 0 Å². The molecule has 1 heterocycles. The first-order valence-electron chi connectivity index (χ1n) is 9.10. The van der Waals surface area contributed by atoms with Crippen LogP contribution in [0.1, 0.15) is 83.5 Å². The average Bonchev–Trinajstić information content (AvgIpc) is 2.38. The monoisotopic (exact) mass is 280 g/mol. The summed E-state index contributed by atoms with van der Waals surface area (Å²) in [6.07, 6.45) is 18.3. The van der Waals surface area contributed by atoms with Crippen LogP contribution < -0.4 is 0 Å². The molecule has 0 aromatic rings. The Balaban J connectivity index is 1.07. The van der Waals surface area contributed by atoms with Crippen LogP contribution in [0.4, 0.5) is 0 Å².